The van der Waals surface area contributed by atoms with E-state index in [2.05, 4.69) is 22.8 Å². The van der Waals surface area contributed by atoms with Crippen LogP contribution in [-0.4, -0.2) is 44.6 Å². The van der Waals surface area contributed by atoms with E-state index in [0.717, 1.165) is 19.3 Å². The Morgan fingerprint density at radius 1 is 0.967 bits per heavy atom. The highest BCUT2D eigenvalue weighted by atomic mass is 16.5. The quantitative estimate of drug-likeness (QED) is 0.618. The monoisotopic (exact) mass is 410 g/mol. The number of hydrogen-bond donors (Lipinski definition) is 2. The van der Waals surface area contributed by atoms with Crippen molar-refractivity contribution in [2.75, 3.05) is 26.8 Å². The predicted octanol–water partition coefficient (Wildman–Crippen LogP) is 2.21. The molecule has 0 heterocycles. The number of benzene rings is 2. The first-order valence-corrected chi connectivity index (χ1v) is 9.93. The van der Waals surface area contributed by atoms with Crippen LogP contribution in [-0.2, 0) is 19.7 Å². The van der Waals surface area contributed by atoms with Gasteiger partial charge in [-0.1, -0.05) is 48.9 Å². The lowest BCUT2D eigenvalue weighted by Gasteiger charge is -2.42. The Bertz CT molecular complexity index is 893. The van der Waals surface area contributed by atoms with Gasteiger partial charge in [0.25, 0.3) is 11.8 Å². The van der Waals surface area contributed by atoms with Crippen LogP contribution >= 0.6 is 0 Å². The molecular formula is C23H26N2O5. The average Bonchev–Trinajstić information content (AvgIpc) is 2.76. The molecule has 7 nitrogen and oxygen atoms in total. The summed E-state index contributed by atoms with van der Waals surface area (Å²) in [6, 6.07) is 16.8. The van der Waals surface area contributed by atoms with Crippen LogP contribution in [0.1, 0.15) is 35.2 Å². The van der Waals surface area contributed by atoms with E-state index in [1.54, 1.807) is 24.3 Å². The molecule has 1 aliphatic rings. The third-order valence-corrected chi connectivity index (χ3v) is 5.43. The molecule has 0 bridgehead atoms. The standard InChI is InChI=1S/C23H26N2O5/c1-29-19-11-6-5-10-18(19)22(28)24-14-21(27)30-15-20(26)25-16-23(12-7-13-23)17-8-3-2-4-9-17/h2-6,8-11H,7,12-16H2,1H3,(H,24,28)(H,25,26). The summed E-state index contributed by atoms with van der Waals surface area (Å²) in [5.74, 6) is -1.09. The summed E-state index contributed by atoms with van der Waals surface area (Å²) < 4.78 is 10.1. The number of amides is 2. The summed E-state index contributed by atoms with van der Waals surface area (Å²) in [5.41, 5.74) is 1.49. The van der Waals surface area contributed by atoms with E-state index in [9.17, 15) is 14.4 Å². The van der Waals surface area contributed by atoms with Crippen molar-refractivity contribution in [3.8, 4) is 5.75 Å². The first-order chi connectivity index (χ1) is 14.5. The van der Waals surface area contributed by atoms with E-state index in [0.29, 0.717) is 17.9 Å². The Morgan fingerprint density at radius 3 is 2.33 bits per heavy atom. The number of ether oxygens (including phenoxy) is 2. The fraction of sp³-hybridized carbons (Fsp3) is 0.348. The minimum atomic E-state index is -0.685. The van der Waals surface area contributed by atoms with Gasteiger partial charge in [0.2, 0.25) is 0 Å². The van der Waals surface area contributed by atoms with Gasteiger partial charge in [0.05, 0.1) is 12.7 Å². The maximum atomic E-state index is 12.2. The molecule has 2 aromatic carbocycles. The normalized spacial score (nSPS) is 14.2. The highest BCUT2D eigenvalue weighted by Crippen LogP contribution is 2.43. The molecule has 3 rings (SSSR count). The van der Waals surface area contributed by atoms with Crippen molar-refractivity contribution >= 4 is 17.8 Å². The van der Waals surface area contributed by atoms with Crippen LogP contribution in [0.4, 0.5) is 0 Å². The Balaban J connectivity index is 1.40. The largest absolute Gasteiger partial charge is 0.496 e. The molecule has 7 heteroatoms. The van der Waals surface area contributed by atoms with E-state index in [1.807, 2.05) is 18.2 Å². The average molecular weight is 410 g/mol. The molecule has 0 unspecified atom stereocenters. The number of carbonyl (C=O) groups excluding carboxylic acids is 3. The lowest BCUT2D eigenvalue weighted by Crippen LogP contribution is -2.46. The first-order valence-electron chi connectivity index (χ1n) is 9.93. The number of rotatable bonds is 9. The van der Waals surface area contributed by atoms with E-state index in [-0.39, 0.29) is 24.5 Å². The lowest BCUT2D eigenvalue weighted by atomic mass is 9.64. The molecule has 158 valence electrons. The third kappa shape index (κ3) is 5.17. The number of para-hydroxylation sites is 1. The second-order valence-corrected chi connectivity index (χ2v) is 7.32. The molecule has 30 heavy (non-hydrogen) atoms. The molecule has 2 N–H and O–H groups in total. The smallest absolute Gasteiger partial charge is 0.325 e. The van der Waals surface area contributed by atoms with Gasteiger partial charge in [-0.15, -0.1) is 0 Å². The van der Waals surface area contributed by atoms with Gasteiger partial charge >= 0.3 is 5.97 Å². The van der Waals surface area contributed by atoms with Gasteiger partial charge < -0.3 is 20.1 Å². The van der Waals surface area contributed by atoms with Crippen molar-refractivity contribution in [1.82, 2.24) is 10.6 Å². The predicted molar refractivity (Wildman–Crippen MR) is 111 cm³/mol. The molecule has 0 spiro atoms. The minimum Gasteiger partial charge on any atom is -0.496 e. The van der Waals surface area contributed by atoms with Gasteiger partial charge in [0.1, 0.15) is 12.3 Å². The lowest BCUT2D eigenvalue weighted by molar-refractivity contribution is -0.147. The van der Waals surface area contributed by atoms with Gasteiger partial charge in [-0.25, -0.2) is 0 Å². The zero-order valence-corrected chi connectivity index (χ0v) is 17.0. The molecule has 0 radical (unpaired) electrons. The van der Waals surface area contributed by atoms with E-state index in [4.69, 9.17) is 9.47 Å². The van der Waals surface area contributed by atoms with Crippen molar-refractivity contribution in [2.45, 2.75) is 24.7 Å². The Labute approximate surface area is 175 Å². The molecule has 0 aromatic heterocycles. The fourth-order valence-corrected chi connectivity index (χ4v) is 3.56. The fourth-order valence-electron chi connectivity index (χ4n) is 3.56. The number of esters is 1. The summed E-state index contributed by atoms with van der Waals surface area (Å²) in [7, 11) is 1.46. The van der Waals surface area contributed by atoms with Crippen molar-refractivity contribution < 1.29 is 23.9 Å². The van der Waals surface area contributed by atoms with Crippen LogP contribution in [0.3, 0.4) is 0 Å². The van der Waals surface area contributed by atoms with Crippen LogP contribution in [0, 0.1) is 0 Å². The summed E-state index contributed by atoms with van der Waals surface area (Å²) in [6.45, 7) is -0.204. The van der Waals surface area contributed by atoms with Gasteiger partial charge in [-0.3, -0.25) is 14.4 Å². The second kappa shape index (κ2) is 9.91. The summed E-state index contributed by atoms with van der Waals surface area (Å²) in [5, 5.41) is 5.33. The summed E-state index contributed by atoms with van der Waals surface area (Å²) in [6.07, 6.45) is 3.17. The molecule has 2 aromatic rings. The van der Waals surface area contributed by atoms with Crippen LogP contribution in [0.15, 0.2) is 54.6 Å². The number of nitrogens with one attached hydrogen (secondary N) is 2. The van der Waals surface area contributed by atoms with Crippen LogP contribution in [0.2, 0.25) is 0 Å². The molecule has 0 saturated heterocycles. The molecular weight excluding hydrogens is 384 g/mol. The zero-order chi connectivity index (χ0) is 21.4. The molecule has 1 aliphatic carbocycles. The molecule has 0 aliphatic heterocycles. The summed E-state index contributed by atoms with van der Waals surface area (Å²) >= 11 is 0. The van der Waals surface area contributed by atoms with Crippen LogP contribution in [0.5, 0.6) is 5.75 Å². The maximum absolute atomic E-state index is 12.2. The van der Waals surface area contributed by atoms with E-state index < -0.39 is 11.9 Å². The van der Waals surface area contributed by atoms with Crippen LogP contribution in [0.25, 0.3) is 0 Å². The van der Waals surface area contributed by atoms with Crippen LogP contribution < -0.4 is 15.4 Å². The Hall–Kier alpha value is -3.35. The van der Waals surface area contributed by atoms with Crippen molar-refractivity contribution in [3.05, 3.63) is 65.7 Å². The third-order valence-electron chi connectivity index (χ3n) is 5.43. The van der Waals surface area contributed by atoms with Gasteiger partial charge in [-0.2, -0.15) is 0 Å². The van der Waals surface area contributed by atoms with Gasteiger partial charge in [0, 0.05) is 12.0 Å². The van der Waals surface area contributed by atoms with E-state index in [1.165, 1.54) is 12.7 Å². The number of methoxy groups -OCH3 is 1. The minimum absolute atomic E-state index is 0.0381. The van der Waals surface area contributed by atoms with E-state index >= 15 is 0 Å². The van der Waals surface area contributed by atoms with Crippen molar-refractivity contribution in [1.29, 1.82) is 0 Å². The highest BCUT2D eigenvalue weighted by molar-refractivity contribution is 5.98. The SMILES string of the molecule is COc1ccccc1C(=O)NCC(=O)OCC(=O)NCC1(c2ccccc2)CCC1. The molecule has 2 amide bonds. The molecule has 1 fully saturated rings. The van der Waals surface area contributed by atoms with Gasteiger partial charge in [-0.05, 0) is 30.5 Å². The number of carbonyl (C=O) groups is 3. The topological polar surface area (TPSA) is 93.7 Å². The molecule has 0 atom stereocenters. The molecule has 1 saturated carbocycles. The van der Waals surface area contributed by atoms with Crippen molar-refractivity contribution in [3.63, 3.8) is 0 Å². The second-order valence-electron chi connectivity index (χ2n) is 7.32. The summed E-state index contributed by atoms with van der Waals surface area (Å²) in [4.78, 5) is 36.2. The number of hydrogen-bond acceptors (Lipinski definition) is 5. The first kappa shape index (κ1) is 21.4. The highest BCUT2D eigenvalue weighted by Gasteiger charge is 2.38. The Morgan fingerprint density at radius 2 is 1.67 bits per heavy atom. The zero-order valence-electron chi connectivity index (χ0n) is 17.0. The Kier molecular flexibility index (Phi) is 7.06. The van der Waals surface area contributed by atoms with Crippen molar-refractivity contribution in [2.24, 2.45) is 0 Å². The van der Waals surface area contributed by atoms with Gasteiger partial charge in [0.15, 0.2) is 6.61 Å². The maximum Gasteiger partial charge on any atom is 0.325 e.